The number of nitrogens with zero attached hydrogens (tertiary/aromatic N) is 1. The number of aryl methyl sites for hydroxylation is 1. The third kappa shape index (κ3) is 2.08. The molecule has 0 unspecified atom stereocenters. The standard InChI is InChI=1S/C22H19N/c1-15(2)18-10-7-11-19-20-14-17(16-8-5-4-6-9-16)12-13-21(20)23(3)22(18)19/h4-14H,1H2,2-3H3. The van der Waals surface area contributed by atoms with Gasteiger partial charge in [0.1, 0.15) is 0 Å². The lowest BCUT2D eigenvalue weighted by atomic mass is 10.0. The molecule has 1 heteroatoms. The number of para-hydroxylation sites is 1. The van der Waals surface area contributed by atoms with E-state index < -0.39 is 0 Å². The van der Waals surface area contributed by atoms with E-state index in [9.17, 15) is 0 Å². The van der Waals surface area contributed by atoms with Crippen LogP contribution in [0.2, 0.25) is 0 Å². The van der Waals surface area contributed by atoms with E-state index in [0.29, 0.717) is 0 Å². The van der Waals surface area contributed by atoms with Crippen LogP contribution < -0.4 is 0 Å². The first-order valence-electron chi connectivity index (χ1n) is 7.89. The summed E-state index contributed by atoms with van der Waals surface area (Å²) in [5.74, 6) is 0. The number of fused-ring (bicyclic) bond motifs is 3. The molecule has 0 fully saturated rings. The average molecular weight is 297 g/mol. The van der Waals surface area contributed by atoms with Crippen LogP contribution in [0, 0.1) is 0 Å². The summed E-state index contributed by atoms with van der Waals surface area (Å²) in [6.07, 6.45) is 0. The van der Waals surface area contributed by atoms with E-state index in [0.717, 1.165) is 5.57 Å². The quantitative estimate of drug-likeness (QED) is 0.425. The number of aromatic nitrogens is 1. The first-order chi connectivity index (χ1) is 11.2. The van der Waals surface area contributed by atoms with Crippen LogP contribution >= 0.6 is 0 Å². The van der Waals surface area contributed by atoms with E-state index >= 15 is 0 Å². The fraction of sp³-hybridized carbons (Fsp3) is 0.0909. The molecular weight excluding hydrogens is 278 g/mol. The average Bonchev–Trinajstić information content (AvgIpc) is 2.88. The first-order valence-corrected chi connectivity index (χ1v) is 7.89. The van der Waals surface area contributed by atoms with Crippen LogP contribution in [0.5, 0.6) is 0 Å². The van der Waals surface area contributed by atoms with Crippen molar-refractivity contribution < 1.29 is 0 Å². The monoisotopic (exact) mass is 297 g/mol. The SMILES string of the molecule is C=C(C)c1cccc2c3cc(-c4ccccc4)ccc3n(C)c12. The van der Waals surface area contributed by atoms with Gasteiger partial charge < -0.3 is 4.57 Å². The van der Waals surface area contributed by atoms with Crippen molar-refractivity contribution in [1.82, 2.24) is 4.57 Å². The second-order valence-electron chi connectivity index (χ2n) is 6.14. The van der Waals surface area contributed by atoms with Crippen molar-refractivity contribution in [2.45, 2.75) is 6.92 Å². The Morgan fingerprint density at radius 1 is 0.826 bits per heavy atom. The molecule has 1 aromatic heterocycles. The van der Waals surface area contributed by atoms with Crippen molar-refractivity contribution in [3.63, 3.8) is 0 Å². The Balaban J connectivity index is 2.08. The van der Waals surface area contributed by atoms with Gasteiger partial charge in [-0.25, -0.2) is 0 Å². The molecule has 0 N–H and O–H groups in total. The summed E-state index contributed by atoms with van der Waals surface area (Å²) in [5.41, 5.74) is 7.36. The number of hydrogen-bond acceptors (Lipinski definition) is 0. The third-order valence-corrected chi connectivity index (χ3v) is 4.59. The molecule has 0 aliphatic heterocycles. The summed E-state index contributed by atoms with van der Waals surface area (Å²) < 4.78 is 2.28. The molecule has 1 heterocycles. The van der Waals surface area contributed by atoms with Crippen LogP contribution in [0.3, 0.4) is 0 Å². The minimum atomic E-state index is 1.10. The van der Waals surface area contributed by atoms with Crippen molar-refractivity contribution in [3.05, 3.63) is 78.9 Å². The Morgan fingerprint density at radius 3 is 2.35 bits per heavy atom. The Kier molecular flexibility index (Phi) is 3.09. The largest absolute Gasteiger partial charge is 0.343 e. The van der Waals surface area contributed by atoms with Gasteiger partial charge in [0, 0.05) is 28.9 Å². The van der Waals surface area contributed by atoms with Gasteiger partial charge in [-0.1, -0.05) is 61.2 Å². The molecule has 0 aliphatic carbocycles. The number of allylic oxidation sites excluding steroid dienone is 1. The summed E-state index contributed by atoms with van der Waals surface area (Å²) >= 11 is 0. The van der Waals surface area contributed by atoms with Gasteiger partial charge in [-0.3, -0.25) is 0 Å². The number of benzene rings is 3. The molecule has 0 aliphatic rings. The molecule has 23 heavy (non-hydrogen) atoms. The smallest absolute Gasteiger partial charge is 0.0564 e. The van der Waals surface area contributed by atoms with Crippen LogP contribution in [0.4, 0.5) is 0 Å². The van der Waals surface area contributed by atoms with Gasteiger partial charge in [-0.2, -0.15) is 0 Å². The molecule has 0 bridgehead atoms. The zero-order valence-electron chi connectivity index (χ0n) is 13.5. The molecule has 0 saturated carbocycles. The van der Waals surface area contributed by atoms with Gasteiger partial charge in [0.05, 0.1) is 5.52 Å². The third-order valence-electron chi connectivity index (χ3n) is 4.59. The van der Waals surface area contributed by atoms with Gasteiger partial charge in [0.25, 0.3) is 0 Å². The first kappa shape index (κ1) is 13.8. The Morgan fingerprint density at radius 2 is 1.61 bits per heavy atom. The topological polar surface area (TPSA) is 4.93 Å². The van der Waals surface area contributed by atoms with Crippen LogP contribution in [-0.2, 0) is 7.05 Å². The summed E-state index contributed by atoms with van der Waals surface area (Å²) in [6.45, 7) is 6.21. The van der Waals surface area contributed by atoms with Crippen LogP contribution in [0.1, 0.15) is 12.5 Å². The molecule has 0 atom stereocenters. The zero-order valence-corrected chi connectivity index (χ0v) is 13.5. The van der Waals surface area contributed by atoms with Gasteiger partial charge in [-0.15, -0.1) is 0 Å². The molecule has 3 aromatic carbocycles. The van der Waals surface area contributed by atoms with Gasteiger partial charge in [0.15, 0.2) is 0 Å². The molecule has 4 aromatic rings. The lowest BCUT2D eigenvalue weighted by Gasteiger charge is -2.05. The maximum Gasteiger partial charge on any atom is 0.0564 e. The zero-order chi connectivity index (χ0) is 16.0. The summed E-state index contributed by atoms with van der Waals surface area (Å²) in [4.78, 5) is 0. The molecule has 0 radical (unpaired) electrons. The Labute approximate surface area is 136 Å². The van der Waals surface area contributed by atoms with Crippen LogP contribution in [0.15, 0.2) is 73.3 Å². The Hall–Kier alpha value is -2.80. The van der Waals surface area contributed by atoms with Crippen molar-refractivity contribution in [2.75, 3.05) is 0 Å². The van der Waals surface area contributed by atoms with E-state index in [2.05, 4.69) is 91.8 Å². The molecule has 1 nitrogen and oxygen atoms in total. The predicted molar refractivity (Wildman–Crippen MR) is 101 cm³/mol. The molecule has 0 spiro atoms. The van der Waals surface area contributed by atoms with Gasteiger partial charge in [-0.05, 0) is 35.8 Å². The summed E-state index contributed by atoms with van der Waals surface area (Å²) in [5, 5.41) is 2.59. The minimum absolute atomic E-state index is 1.10. The highest BCUT2D eigenvalue weighted by Gasteiger charge is 2.12. The number of rotatable bonds is 2. The lowest BCUT2D eigenvalue weighted by Crippen LogP contribution is -1.90. The lowest BCUT2D eigenvalue weighted by molar-refractivity contribution is 1.01. The maximum absolute atomic E-state index is 4.14. The second-order valence-corrected chi connectivity index (χ2v) is 6.14. The van der Waals surface area contributed by atoms with Gasteiger partial charge >= 0.3 is 0 Å². The normalized spacial score (nSPS) is 11.2. The van der Waals surface area contributed by atoms with Crippen molar-refractivity contribution in [3.8, 4) is 11.1 Å². The number of hydrogen-bond donors (Lipinski definition) is 0. The van der Waals surface area contributed by atoms with Crippen LogP contribution in [0.25, 0.3) is 38.5 Å². The van der Waals surface area contributed by atoms with Gasteiger partial charge in [0.2, 0.25) is 0 Å². The predicted octanol–water partition coefficient (Wildman–Crippen LogP) is 6.03. The van der Waals surface area contributed by atoms with Crippen molar-refractivity contribution in [1.29, 1.82) is 0 Å². The fourth-order valence-corrected chi connectivity index (χ4v) is 3.44. The van der Waals surface area contributed by atoms with E-state index in [1.165, 1.54) is 38.5 Å². The van der Waals surface area contributed by atoms with E-state index in [4.69, 9.17) is 0 Å². The molecular formula is C22H19N. The highest BCUT2D eigenvalue weighted by atomic mass is 14.9. The summed E-state index contributed by atoms with van der Waals surface area (Å²) in [7, 11) is 2.14. The van der Waals surface area contributed by atoms with E-state index in [1.54, 1.807) is 0 Å². The minimum Gasteiger partial charge on any atom is -0.343 e. The van der Waals surface area contributed by atoms with E-state index in [-0.39, 0.29) is 0 Å². The fourth-order valence-electron chi connectivity index (χ4n) is 3.44. The highest BCUT2D eigenvalue weighted by Crippen LogP contribution is 2.35. The van der Waals surface area contributed by atoms with Crippen molar-refractivity contribution >= 4 is 27.4 Å². The van der Waals surface area contributed by atoms with Crippen LogP contribution in [-0.4, -0.2) is 4.57 Å². The van der Waals surface area contributed by atoms with E-state index in [1.807, 2.05) is 0 Å². The summed E-state index contributed by atoms with van der Waals surface area (Å²) in [6, 6.07) is 23.8. The second kappa shape index (κ2) is 5.13. The maximum atomic E-state index is 4.14. The molecule has 0 saturated heterocycles. The van der Waals surface area contributed by atoms with Crippen molar-refractivity contribution in [2.24, 2.45) is 7.05 Å². The highest BCUT2D eigenvalue weighted by molar-refractivity contribution is 6.12. The molecule has 112 valence electrons. The molecule has 0 amide bonds. The Bertz CT molecular complexity index is 1040. The molecule has 4 rings (SSSR count).